The van der Waals surface area contributed by atoms with Gasteiger partial charge in [0.2, 0.25) is 0 Å². The van der Waals surface area contributed by atoms with E-state index in [0.717, 1.165) is 26.6 Å². The molecule has 0 spiro atoms. The van der Waals surface area contributed by atoms with E-state index in [1.807, 2.05) is 48.5 Å². The molecule has 102 valence electrons. The lowest BCUT2D eigenvalue weighted by atomic mass is 10.2. The molecule has 0 saturated heterocycles. The summed E-state index contributed by atoms with van der Waals surface area (Å²) in [5.41, 5.74) is 3.05. The van der Waals surface area contributed by atoms with Gasteiger partial charge >= 0.3 is 5.69 Å². The highest BCUT2D eigenvalue weighted by Gasteiger charge is 2.10. The number of nitrogens with zero attached hydrogens (tertiary/aromatic N) is 2. The Hall–Kier alpha value is -2.40. The number of hydrogen-bond donors (Lipinski definition) is 1. The summed E-state index contributed by atoms with van der Waals surface area (Å²) in [5, 5.41) is 0.931. The summed E-state index contributed by atoms with van der Waals surface area (Å²) in [6.07, 6.45) is 1.77. The number of halogens is 1. The fourth-order valence-electron chi connectivity index (χ4n) is 2.45. The van der Waals surface area contributed by atoms with Gasteiger partial charge in [-0.2, -0.15) is 0 Å². The molecule has 2 aromatic heterocycles. The van der Waals surface area contributed by atoms with Crippen molar-refractivity contribution in [2.45, 2.75) is 0 Å². The van der Waals surface area contributed by atoms with Gasteiger partial charge in [0, 0.05) is 21.6 Å². The molecule has 0 saturated carbocycles. The number of H-pyrrole nitrogens is 1. The number of fused-ring (bicyclic) bond motifs is 3. The van der Waals surface area contributed by atoms with Crippen LogP contribution in [-0.2, 0) is 0 Å². The molecule has 2 heterocycles. The Morgan fingerprint density at radius 2 is 1.81 bits per heavy atom. The number of para-hydroxylation sites is 1. The molecule has 0 fully saturated rings. The van der Waals surface area contributed by atoms with Crippen LogP contribution in [0.15, 0.2) is 64.0 Å². The van der Waals surface area contributed by atoms with Crippen LogP contribution in [0.5, 0.6) is 0 Å². The molecule has 21 heavy (non-hydrogen) atoms. The standard InChI is InChI=1S/C16H10BrN3O/c17-11-7-5-10(6-8-11)14-9-20-15(18-14)12-3-1-2-4-13(12)19-16(20)21/h1-9H,(H,19,21). The Bertz CT molecular complexity index is 1020. The zero-order chi connectivity index (χ0) is 14.4. The van der Waals surface area contributed by atoms with Gasteiger partial charge < -0.3 is 4.98 Å². The quantitative estimate of drug-likeness (QED) is 0.576. The topological polar surface area (TPSA) is 50.2 Å². The van der Waals surface area contributed by atoms with Gasteiger partial charge in [-0.25, -0.2) is 9.78 Å². The molecular weight excluding hydrogens is 330 g/mol. The number of aromatic nitrogens is 3. The summed E-state index contributed by atoms with van der Waals surface area (Å²) in [5.74, 6) is 0. The average Bonchev–Trinajstić information content (AvgIpc) is 2.94. The van der Waals surface area contributed by atoms with Gasteiger partial charge in [0.1, 0.15) is 0 Å². The number of hydrogen-bond acceptors (Lipinski definition) is 2. The summed E-state index contributed by atoms with van der Waals surface area (Å²) in [4.78, 5) is 19.6. The van der Waals surface area contributed by atoms with E-state index in [1.165, 1.54) is 0 Å². The minimum absolute atomic E-state index is 0.181. The van der Waals surface area contributed by atoms with E-state index in [9.17, 15) is 4.79 Å². The lowest BCUT2D eigenvalue weighted by Crippen LogP contribution is -2.15. The van der Waals surface area contributed by atoms with Crippen LogP contribution in [0.1, 0.15) is 0 Å². The average molecular weight is 340 g/mol. The molecular formula is C16H10BrN3O. The van der Waals surface area contributed by atoms with Crippen LogP contribution >= 0.6 is 15.9 Å². The minimum atomic E-state index is -0.181. The number of benzene rings is 2. The van der Waals surface area contributed by atoms with Crippen LogP contribution in [0.25, 0.3) is 27.8 Å². The molecule has 0 unspecified atom stereocenters. The maximum atomic E-state index is 12.2. The van der Waals surface area contributed by atoms with Crippen LogP contribution in [-0.4, -0.2) is 14.4 Å². The van der Waals surface area contributed by atoms with E-state index in [4.69, 9.17) is 0 Å². The molecule has 0 radical (unpaired) electrons. The Morgan fingerprint density at radius 1 is 1.05 bits per heavy atom. The van der Waals surface area contributed by atoms with Gasteiger partial charge in [-0.15, -0.1) is 0 Å². The van der Waals surface area contributed by atoms with E-state index >= 15 is 0 Å². The van der Waals surface area contributed by atoms with E-state index in [-0.39, 0.29) is 5.69 Å². The monoisotopic (exact) mass is 339 g/mol. The van der Waals surface area contributed by atoms with E-state index in [2.05, 4.69) is 25.9 Å². The van der Waals surface area contributed by atoms with Crippen molar-refractivity contribution in [3.8, 4) is 11.3 Å². The van der Waals surface area contributed by atoms with Crippen molar-refractivity contribution in [3.63, 3.8) is 0 Å². The van der Waals surface area contributed by atoms with Gasteiger partial charge in [-0.3, -0.25) is 4.40 Å². The van der Waals surface area contributed by atoms with Crippen molar-refractivity contribution < 1.29 is 0 Å². The number of nitrogens with one attached hydrogen (secondary N) is 1. The molecule has 4 aromatic rings. The molecule has 0 aliphatic rings. The molecule has 1 N–H and O–H groups in total. The van der Waals surface area contributed by atoms with Crippen molar-refractivity contribution in [2.75, 3.05) is 0 Å². The molecule has 0 atom stereocenters. The first-order valence-corrected chi connectivity index (χ1v) is 7.28. The van der Waals surface area contributed by atoms with Crippen LogP contribution in [0.2, 0.25) is 0 Å². The lowest BCUT2D eigenvalue weighted by Gasteiger charge is -1.98. The maximum absolute atomic E-state index is 12.2. The molecule has 0 aliphatic heterocycles. The number of aromatic amines is 1. The largest absolute Gasteiger partial charge is 0.331 e. The van der Waals surface area contributed by atoms with Crippen molar-refractivity contribution in [2.24, 2.45) is 0 Å². The molecule has 4 rings (SSSR count). The van der Waals surface area contributed by atoms with E-state index in [0.29, 0.717) is 5.65 Å². The Morgan fingerprint density at radius 3 is 2.62 bits per heavy atom. The second-order valence-corrected chi connectivity index (χ2v) is 5.72. The van der Waals surface area contributed by atoms with Crippen LogP contribution < -0.4 is 5.69 Å². The van der Waals surface area contributed by atoms with E-state index < -0.39 is 0 Å². The Balaban J connectivity index is 2.05. The highest BCUT2D eigenvalue weighted by Crippen LogP contribution is 2.23. The van der Waals surface area contributed by atoms with Gasteiger partial charge in [0.05, 0.1) is 11.2 Å². The Kier molecular flexibility index (Phi) is 2.68. The third-order valence-electron chi connectivity index (χ3n) is 3.47. The molecule has 2 aromatic carbocycles. The number of rotatable bonds is 1. The Labute approximate surface area is 128 Å². The van der Waals surface area contributed by atoms with Crippen molar-refractivity contribution in [1.82, 2.24) is 14.4 Å². The normalized spacial score (nSPS) is 11.3. The molecule has 0 amide bonds. The minimum Gasteiger partial charge on any atom is -0.306 e. The lowest BCUT2D eigenvalue weighted by molar-refractivity contribution is 1.03. The first-order valence-electron chi connectivity index (χ1n) is 6.48. The SMILES string of the molecule is O=c1[nH]c2ccccc2c2nc(-c3ccc(Br)cc3)cn12. The molecule has 0 aliphatic carbocycles. The highest BCUT2D eigenvalue weighted by atomic mass is 79.9. The summed E-state index contributed by atoms with van der Waals surface area (Å²) in [6.45, 7) is 0. The van der Waals surface area contributed by atoms with Crippen LogP contribution in [0, 0.1) is 0 Å². The van der Waals surface area contributed by atoms with Crippen LogP contribution in [0.3, 0.4) is 0 Å². The predicted molar refractivity (Wildman–Crippen MR) is 86.5 cm³/mol. The van der Waals surface area contributed by atoms with Gasteiger partial charge in [-0.1, -0.05) is 40.2 Å². The van der Waals surface area contributed by atoms with Crippen molar-refractivity contribution >= 4 is 32.5 Å². The highest BCUT2D eigenvalue weighted by molar-refractivity contribution is 9.10. The maximum Gasteiger partial charge on any atom is 0.331 e. The summed E-state index contributed by atoms with van der Waals surface area (Å²) in [7, 11) is 0. The van der Waals surface area contributed by atoms with Crippen molar-refractivity contribution in [3.05, 3.63) is 69.7 Å². The smallest absolute Gasteiger partial charge is 0.306 e. The van der Waals surface area contributed by atoms with Crippen molar-refractivity contribution in [1.29, 1.82) is 0 Å². The zero-order valence-electron chi connectivity index (χ0n) is 10.9. The van der Waals surface area contributed by atoms with E-state index in [1.54, 1.807) is 10.6 Å². The number of imidazole rings is 1. The second-order valence-electron chi connectivity index (χ2n) is 4.80. The summed E-state index contributed by atoms with van der Waals surface area (Å²) >= 11 is 3.42. The van der Waals surface area contributed by atoms with Gasteiger partial charge in [0.15, 0.2) is 5.65 Å². The third kappa shape index (κ3) is 1.97. The second kappa shape index (κ2) is 4.56. The molecule has 4 nitrogen and oxygen atoms in total. The summed E-state index contributed by atoms with van der Waals surface area (Å²) in [6, 6.07) is 15.5. The fourth-order valence-corrected chi connectivity index (χ4v) is 2.71. The van der Waals surface area contributed by atoms with Gasteiger partial charge in [-0.05, 0) is 24.3 Å². The molecule has 5 heteroatoms. The first kappa shape index (κ1) is 12.3. The van der Waals surface area contributed by atoms with Crippen LogP contribution in [0.4, 0.5) is 0 Å². The predicted octanol–water partition coefficient (Wildman–Crippen LogP) is 3.61. The first-order chi connectivity index (χ1) is 10.2. The summed E-state index contributed by atoms with van der Waals surface area (Å²) < 4.78 is 2.57. The van der Waals surface area contributed by atoms with Gasteiger partial charge in [0.25, 0.3) is 0 Å². The molecule has 0 bridgehead atoms. The fraction of sp³-hybridized carbons (Fsp3) is 0. The zero-order valence-corrected chi connectivity index (χ0v) is 12.5. The third-order valence-corrected chi connectivity index (χ3v) is 4.00.